The molecule has 2 aromatic rings. The van der Waals surface area contributed by atoms with Gasteiger partial charge in [0.15, 0.2) is 0 Å². The van der Waals surface area contributed by atoms with E-state index in [4.69, 9.17) is 4.74 Å². The third kappa shape index (κ3) is 5.97. The lowest BCUT2D eigenvalue weighted by molar-refractivity contribution is -0.131. The fourth-order valence-electron chi connectivity index (χ4n) is 4.37. The van der Waals surface area contributed by atoms with Gasteiger partial charge in [-0.1, -0.05) is 79.2 Å². The molecule has 0 aliphatic carbocycles. The molecule has 1 unspecified atom stereocenters. The van der Waals surface area contributed by atoms with Crippen molar-refractivity contribution < 1.29 is 14.3 Å². The minimum absolute atomic E-state index is 0.0247. The summed E-state index contributed by atoms with van der Waals surface area (Å²) >= 11 is 3.46. The topological polar surface area (TPSA) is 58.6 Å². The minimum atomic E-state index is -0.817. The molecule has 2 amide bonds. The zero-order valence-electron chi connectivity index (χ0n) is 20.4. The maximum Gasteiger partial charge on any atom is 0.411 e. The number of hydrogen-bond donors (Lipinski definition) is 1. The fourth-order valence-corrected chi connectivity index (χ4v) is 4.63. The summed E-state index contributed by atoms with van der Waals surface area (Å²) in [7, 11) is 0. The van der Waals surface area contributed by atoms with Gasteiger partial charge in [-0.25, -0.2) is 4.79 Å². The average Bonchev–Trinajstić information content (AvgIpc) is 2.73. The van der Waals surface area contributed by atoms with Crippen LogP contribution in [0.2, 0.25) is 0 Å². The number of benzene rings is 2. The smallest absolute Gasteiger partial charge is 0.411 e. The number of hydrogen-bond acceptors (Lipinski definition) is 3. The molecule has 1 aliphatic heterocycles. The average molecular weight is 515 g/mol. The molecule has 0 saturated carbocycles. The molecule has 0 radical (unpaired) electrons. The molecule has 1 aliphatic rings. The maximum atomic E-state index is 13.3. The van der Waals surface area contributed by atoms with Crippen molar-refractivity contribution in [3.8, 4) is 0 Å². The molecule has 0 bridgehead atoms. The van der Waals surface area contributed by atoms with E-state index in [9.17, 15) is 9.59 Å². The van der Waals surface area contributed by atoms with E-state index in [2.05, 4.69) is 21.2 Å². The van der Waals surface area contributed by atoms with E-state index in [0.29, 0.717) is 19.4 Å². The van der Waals surface area contributed by atoms with Crippen LogP contribution in [0.1, 0.15) is 71.6 Å². The van der Waals surface area contributed by atoms with Crippen LogP contribution in [0.25, 0.3) is 0 Å². The summed E-state index contributed by atoms with van der Waals surface area (Å²) < 4.78 is 7.27. The standard InChI is InChI=1S/C27H35BrN2O3/c1-19(20-12-14-22(28)15-13-20)30-17-16-27(33-24(30)32,21-10-8-7-9-11-21)18-26(5,6)29-23(31)25(2,3)4/h7-15,19H,16-18H2,1-6H3,(H,29,31)/t19?,27-/m0/s1. The summed E-state index contributed by atoms with van der Waals surface area (Å²) in [5, 5.41) is 3.17. The largest absolute Gasteiger partial charge is 0.438 e. The Balaban J connectivity index is 1.86. The third-order valence-corrected chi connectivity index (χ3v) is 6.78. The Bertz CT molecular complexity index is 983. The predicted octanol–water partition coefficient (Wildman–Crippen LogP) is 6.58. The first-order chi connectivity index (χ1) is 15.3. The van der Waals surface area contributed by atoms with E-state index >= 15 is 0 Å². The van der Waals surface area contributed by atoms with Crippen LogP contribution in [0.4, 0.5) is 4.79 Å². The van der Waals surface area contributed by atoms with Crippen molar-refractivity contribution in [3.05, 3.63) is 70.2 Å². The summed E-state index contributed by atoms with van der Waals surface area (Å²) in [4.78, 5) is 27.8. The molecule has 2 atom stereocenters. The van der Waals surface area contributed by atoms with Gasteiger partial charge in [0, 0.05) is 34.8 Å². The van der Waals surface area contributed by atoms with E-state index < -0.39 is 16.6 Å². The highest BCUT2D eigenvalue weighted by Crippen LogP contribution is 2.42. The molecule has 178 valence electrons. The van der Waals surface area contributed by atoms with Crippen LogP contribution >= 0.6 is 15.9 Å². The SMILES string of the molecule is CC(c1ccc(Br)cc1)N1CC[C@](CC(C)(C)NC(=O)C(C)(C)C)(c2ccccc2)OC1=O. The number of nitrogens with zero attached hydrogens (tertiary/aromatic N) is 1. The molecule has 0 aromatic heterocycles. The van der Waals surface area contributed by atoms with Gasteiger partial charge in [-0.05, 0) is 44.0 Å². The van der Waals surface area contributed by atoms with Crippen molar-refractivity contribution in [2.45, 2.75) is 71.6 Å². The summed E-state index contributed by atoms with van der Waals surface area (Å²) in [5.41, 5.74) is 0.118. The third-order valence-electron chi connectivity index (χ3n) is 6.25. The van der Waals surface area contributed by atoms with Crippen molar-refractivity contribution in [2.75, 3.05) is 6.54 Å². The molecule has 1 N–H and O–H groups in total. The summed E-state index contributed by atoms with van der Waals surface area (Å²) in [6, 6.07) is 17.8. The van der Waals surface area contributed by atoms with Crippen LogP contribution in [-0.2, 0) is 15.1 Å². The molecule has 0 spiro atoms. The number of halogens is 1. The van der Waals surface area contributed by atoms with Gasteiger partial charge in [0.25, 0.3) is 0 Å². The lowest BCUT2D eigenvalue weighted by Crippen LogP contribution is -2.55. The van der Waals surface area contributed by atoms with E-state index in [1.807, 2.05) is 96.1 Å². The Morgan fingerprint density at radius 2 is 1.70 bits per heavy atom. The lowest BCUT2D eigenvalue weighted by Gasteiger charge is -2.47. The van der Waals surface area contributed by atoms with Crippen molar-refractivity contribution in [1.29, 1.82) is 0 Å². The first kappa shape index (κ1) is 25.3. The van der Waals surface area contributed by atoms with Crippen molar-refractivity contribution >= 4 is 27.9 Å². The molecule has 6 heteroatoms. The van der Waals surface area contributed by atoms with Crippen LogP contribution < -0.4 is 5.32 Å². The van der Waals surface area contributed by atoms with Gasteiger partial charge in [-0.3, -0.25) is 4.79 Å². The molecule has 1 saturated heterocycles. The number of nitrogens with one attached hydrogen (secondary N) is 1. The fraction of sp³-hybridized carbons (Fsp3) is 0.481. The highest BCUT2D eigenvalue weighted by atomic mass is 79.9. The lowest BCUT2D eigenvalue weighted by atomic mass is 9.78. The molecule has 33 heavy (non-hydrogen) atoms. The van der Waals surface area contributed by atoms with Crippen LogP contribution in [0.3, 0.4) is 0 Å². The number of ether oxygens (including phenoxy) is 1. The van der Waals surface area contributed by atoms with Gasteiger partial charge < -0.3 is 15.0 Å². The molecule has 5 nitrogen and oxygen atoms in total. The first-order valence-corrected chi connectivity index (χ1v) is 12.3. The highest BCUT2D eigenvalue weighted by molar-refractivity contribution is 9.10. The zero-order valence-corrected chi connectivity index (χ0v) is 22.0. The molecule has 3 rings (SSSR count). The molecular weight excluding hydrogens is 480 g/mol. The van der Waals surface area contributed by atoms with Gasteiger partial charge in [-0.15, -0.1) is 0 Å². The van der Waals surface area contributed by atoms with E-state index in [-0.39, 0.29) is 18.0 Å². The van der Waals surface area contributed by atoms with Crippen molar-refractivity contribution in [2.24, 2.45) is 5.41 Å². The summed E-state index contributed by atoms with van der Waals surface area (Å²) in [6.07, 6.45) is 0.787. The van der Waals surface area contributed by atoms with E-state index in [1.54, 1.807) is 4.90 Å². The molecule has 1 fully saturated rings. The van der Waals surface area contributed by atoms with Gasteiger partial charge in [0.05, 0.1) is 6.04 Å². The number of cyclic esters (lactones) is 1. The maximum absolute atomic E-state index is 13.3. The second-order valence-electron chi connectivity index (χ2n) is 10.7. The Morgan fingerprint density at radius 1 is 1.09 bits per heavy atom. The van der Waals surface area contributed by atoms with Gasteiger partial charge in [0.2, 0.25) is 5.91 Å². The van der Waals surface area contributed by atoms with Gasteiger partial charge in [-0.2, -0.15) is 0 Å². The highest BCUT2D eigenvalue weighted by Gasteiger charge is 2.47. The normalized spacial score (nSPS) is 20.2. The van der Waals surface area contributed by atoms with E-state index in [1.165, 1.54) is 0 Å². The summed E-state index contributed by atoms with van der Waals surface area (Å²) in [5.74, 6) is -0.0247. The van der Waals surface area contributed by atoms with Crippen molar-refractivity contribution in [1.82, 2.24) is 10.2 Å². The predicted molar refractivity (Wildman–Crippen MR) is 135 cm³/mol. The Labute approximate surface area is 206 Å². The minimum Gasteiger partial charge on any atom is -0.438 e. The molecule has 2 aromatic carbocycles. The number of carbonyl (C=O) groups is 2. The number of amides is 2. The number of rotatable bonds is 6. The molecular formula is C27H35BrN2O3. The monoisotopic (exact) mass is 514 g/mol. The Kier molecular flexibility index (Phi) is 7.27. The Morgan fingerprint density at radius 3 is 2.24 bits per heavy atom. The van der Waals surface area contributed by atoms with Crippen LogP contribution in [0.5, 0.6) is 0 Å². The van der Waals surface area contributed by atoms with Crippen molar-refractivity contribution in [3.63, 3.8) is 0 Å². The van der Waals surface area contributed by atoms with Gasteiger partial charge in [0.1, 0.15) is 5.60 Å². The van der Waals surface area contributed by atoms with Gasteiger partial charge >= 0.3 is 6.09 Å². The first-order valence-electron chi connectivity index (χ1n) is 11.5. The second-order valence-corrected chi connectivity index (χ2v) is 11.6. The van der Waals surface area contributed by atoms with Crippen LogP contribution in [-0.4, -0.2) is 29.0 Å². The van der Waals surface area contributed by atoms with Crippen LogP contribution in [0.15, 0.2) is 59.1 Å². The van der Waals surface area contributed by atoms with Crippen LogP contribution in [0, 0.1) is 5.41 Å². The molecule has 1 heterocycles. The Hall–Kier alpha value is -2.34. The van der Waals surface area contributed by atoms with E-state index in [0.717, 1.165) is 15.6 Å². The zero-order chi connectivity index (χ0) is 24.4. The quantitative estimate of drug-likeness (QED) is 0.473. The number of carbonyl (C=O) groups excluding carboxylic acids is 2. The second kappa shape index (κ2) is 9.49. The summed E-state index contributed by atoms with van der Waals surface area (Å²) in [6.45, 7) is 12.3.